The van der Waals surface area contributed by atoms with Crippen molar-refractivity contribution >= 4 is 18.7 Å². The smallest absolute Gasteiger partial charge is 0.465 e. The number of amides is 1. The summed E-state index contributed by atoms with van der Waals surface area (Å²) in [6.07, 6.45) is 1.69. The van der Waals surface area contributed by atoms with E-state index >= 15 is 0 Å². The monoisotopic (exact) mass is 373 g/mol. The fourth-order valence-electron chi connectivity index (χ4n) is 4.27. The lowest BCUT2D eigenvalue weighted by Crippen LogP contribution is -2.41. The fraction of sp³-hybridized carbons (Fsp3) is 0.650. The SMILES string of the molecule is CC1(C)OB(c2cc3c(c(C4CCCN4C(=O)O)c2)COCC3)OC1(C)C. The van der Waals surface area contributed by atoms with Crippen molar-refractivity contribution in [2.75, 3.05) is 13.2 Å². The minimum atomic E-state index is -0.857. The first-order valence-corrected chi connectivity index (χ1v) is 9.78. The van der Waals surface area contributed by atoms with E-state index in [2.05, 4.69) is 12.1 Å². The van der Waals surface area contributed by atoms with Crippen LogP contribution in [-0.4, -0.2) is 47.6 Å². The van der Waals surface area contributed by atoms with Crippen LogP contribution in [-0.2, 0) is 27.1 Å². The molecule has 1 aromatic carbocycles. The Morgan fingerprint density at radius 3 is 2.59 bits per heavy atom. The average molecular weight is 373 g/mol. The van der Waals surface area contributed by atoms with Gasteiger partial charge < -0.3 is 24.1 Å². The van der Waals surface area contributed by atoms with E-state index in [0.717, 1.165) is 35.9 Å². The third kappa shape index (κ3) is 3.16. The molecule has 27 heavy (non-hydrogen) atoms. The molecule has 3 heterocycles. The van der Waals surface area contributed by atoms with Crippen LogP contribution in [0, 0.1) is 0 Å². The molecular weight excluding hydrogens is 345 g/mol. The molecule has 7 heteroatoms. The molecule has 3 aliphatic heterocycles. The maximum absolute atomic E-state index is 11.7. The summed E-state index contributed by atoms with van der Waals surface area (Å²) in [6.45, 7) is 9.99. The molecule has 3 aliphatic rings. The molecule has 0 saturated carbocycles. The van der Waals surface area contributed by atoms with E-state index in [1.165, 1.54) is 5.56 Å². The van der Waals surface area contributed by atoms with Crippen LogP contribution in [0.15, 0.2) is 12.1 Å². The number of fused-ring (bicyclic) bond motifs is 1. The van der Waals surface area contributed by atoms with Crippen molar-refractivity contribution in [2.24, 2.45) is 0 Å². The van der Waals surface area contributed by atoms with E-state index in [-0.39, 0.29) is 6.04 Å². The highest BCUT2D eigenvalue weighted by molar-refractivity contribution is 6.62. The molecule has 2 fully saturated rings. The highest BCUT2D eigenvalue weighted by Crippen LogP contribution is 2.39. The van der Waals surface area contributed by atoms with Gasteiger partial charge in [-0.1, -0.05) is 12.1 Å². The van der Waals surface area contributed by atoms with Crippen molar-refractivity contribution in [3.63, 3.8) is 0 Å². The van der Waals surface area contributed by atoms with Gasteiger partial charge in [0.2, 0.25) is 0 Å². The normalized spacial score (nSPS) is 26.3. The molecule has 146 valence electrons. The summed E-state index contributed by atoms with van der Waals surface area (Å²) in [5.74, 6) is 0. The van der Waals surface area contributed by atoms with E-state index in [9.17, 15) is 9.90 Å². The predicted octanol–water partition coefficient (Wildman–Crippen LogP) is 2.87. The third-order valence-electron chi connectivity index (χ3n) is 6.54. The molecule has 6 nitrogen and oxygen atoms in total. The molecule has 0 radical (unpaired) electrons. The predicted molar refractivity (Wildman–Crippen MR) is 102 cm³/mol. The molecule has 2 saturated heterocycles. The van der Waals surface area contributed by atoms with Crippen LogP contribution >= 0.6 is 0 Å². The average Bonchev–Trinajstić information content (AvgIpc) is 3.16. The maximum atomic E-state index is 11.7. The van der Waals surface area contributed by atoms with Crippen molar-refractivity contribution in [1.29, 1.82) is 0 Å². The van der Waals surface area contributed by atoms with Crippen LogP contribution in [0.25, 0.3) is 0 Å². The van der Waals surface area contributed by atoms with Gasteiger partial charge in [0, 0.05) is 6.54 Å². The van der Waals surface area contributed by atoms with Gasteiger partial charge in [0.1, 0.15) is 0 Å². The number of carbonyl (C=O) groups is 1. The van der Waals surface area contributed by atoms with Crippen LogP contribution in [0.2, 0.25) is 0 Å². The van der Waals surface area contributed by atoms with Crippen molar-refractivity contribution in [3.05, 3.63) is 28.8 Å². The second-order valence-electron chi connectivity index (χ2n) is 8.77. The molecule has 0 aromatic heterocycles. The Morgan fingerprint density at radius 2 is 1.93 bits per heavy atom. The second-order valence-corrected chi connectivity index (χ2v) is 8.77. The zero-order valence-corrected chi connectivity index (χ0v) is 16.6. The first kappa shape index (κ1) is 18.8. The molecule has 1 aromatic rings. The van der Waals surface area contributed by atoms with Gasteiger partial charge in [-0.2, -0.15) is 0 Å². The summed E-state index contributed by atoms with van der Waals surface area (Å²) in [4.78, 5) is 13.3. The summed E-state index contributed by atoms with van der Waals surface area (Å²) in [5.41, 5.74) is 3.58. The van der Waals surface area contributed by atoms with Gasteiger partial charge in [-0.3, -0.25) is 0 Å². The summed E-state index contributed by atoms with van der Waals surface area (Å²) >= 11 is 0. The third-order valence-corrected chi connectivity index (χ3v) is 6.54. The van der Waals surface area contributed by atoms with Gasteiger partial charge in [-0.15, -0.1) is 0 Å². The van der Waals surface area contributed by atoms with Crippen LogP contribution < -0.4 is 5.46 Å². The number of likely N-dealkylation sites (tertiary alicyclic amines) is 1. The van der Waals surface area contributed by atoms with E-state index in [4.69, 9.17) is 14.0 Å². The Balaban J connectivity index is 1.76. The minimum absolute atomic E-state index is 0.125. The number of nitrogens with zero attached hydrogens (tertiary/aromatic N) is 1. The van der Waals surface area contributed by atoms with Crippen molar-refractivity contribution in [1.82, 2.24) is 4.90 Å². The summed E-state index contributed by atoms with van der Waals surface area (Å²) in [7, 11) is -0.443. The van der Waals surface area contributed by atoms with E-state index in [0.29, 0.717) is 19.8 Å². The molecule has 0 spiro atoms. The number of benzene rings is 1. The summed E-state index contributed by atoms with van der Waals surface area (Å²) < 4.78 is 18.2. The van der Waals surface area contributed by atoms with E-state index in [1.54, 1.807) is 4.90 Å². The van der Waals surface area contributed by atoms with Gasteiger partial charge in [0.05, 0.1) is 30.5 Å². The van der Waals surface area contributed by atoms with Crippen molar-refractivity contribution < 1.29 is 23.9 Å². The number of hydrogen-bond acceptors (Lipinski definition) is 4. The maximum Gasteiger partial charge on any atom is 0.494 e. The number of rotatable bonds is 2. The Morgan fingerprint density at radius 1 is 1.22 bits per heavy atom. The highest BCUT2D eigenvalue weighted by Gasteiger charge is 2.52. The van der Waals surface area contributed by atoms with Crippen LogP contribution in [0.5, 0.6) is 0 Å². The fourth-order valence-corrected chi connectivity index (χ4v) is 4.27. The lowest BCUT2D eigenvalue weighted by molar-refractivity contribution is 0.00578. The zero-order valence-electron chi connectivity index (χ0n) is 16.6. The quantitative estimate of drug-likeness (QED) is 0.808. The second kappa shape index (κ2) is 6.50. The Kier molecular flexibility index (Phi) is 4.52. The van der Waals surface area contributed by atoms with Gasteiger partial charge in [0.15, 0.2) is 0 Å². The number of ether oxygens (including phenoxy) is 1. The molecular formula is C20H28BNO5. The lowest BCUT2D eigenvalue weighted by atomic mass is 9.75. The van der Waals surface area contributed by atoms with Crippen LogP contribution in [0.4, 0.5) is 4.79 Å². The molecule has 0 bridgehead atoms. The molecule has 1 unspecified atom stereocenters. The summed E-state index contributed by atoms with van der Waals surface area (Å²) in [6, 6.07) is 4.12. The van der Waals surface area contributed by atoms with Crippen molar-refractivity contribution in [2.45, 2.75) is 70.8 Å². The highest BCUT2D eigenvalue weighted by atomic mass is 16.7. The largest absolute Gasteiger partial charge is 0.494 e. The standard InChI is InChI=1S/C20H28BNO5/c1-19(2)20(3,4)27-21(26-19)14-10-13-7-9-25-12-16(13)15(11-14)17-6-5-8-22(17)18(23)24/h10-11,17H,5-9,12H2,1-4H3,(H,23,24). The number of hydrogen-bond donors (Lipinski definition) is 1. The molecule has 1 N–H and O–H groups in total. The number of carboxylic acid groups (broad SMARTS) is 1. The minimum Gasteiger partial charge on any atom is -0.465 e. The van der Waals surface area contributed by atoms with Gasteiger partial charge in [-0.05, 0) is 69.1 Å². The van der Waals surface area contributed by atoms with E-state index in [1.807, 2.05) is 27.7 Å². The van der Waals surface area contributed by atoms with Crippen LogP contribution in [0.3, 0.4) is 0 Å². The molecule has 1 atom stereocenters. The Hall–Kier alpha value is -1.57. The Labute approximate surface area is 160 Å². The lowest BCUT2D eigenvalue weighted by Gasteiger charge is -2.32. The van der Waals surface area contributed by atoms with E-state index < -0.39 is 24.4 Å². The zero-order chi connectivity index (χ0) is 19.4. The van der Waals surface area contributed by atoms with Crippen molar-refractivity contribution in [3.8, 4) is 0 Å². The molecule has 4 rings (SSSR count). The molecule has 1 amide bonds. The first-order chi connectivity index (χ1) is 12.7. The van der Waals surface area contributed by atoms with Gasteiger partial charge in [-0.25, -0.2) is 4.79 Å². The van der Waals surface area contributed by atoms with Crippen LogP contribution in [0.1, 0.15) is 63.3 Å². The van der Waals surface area contributed by atoms with Gasteiger partial charge >= 0.3 is 13.2 Å². The topological polar surface area (TPSA) is 68.2 Å². The summed E-state index contributed by atoms with van der Waals surface area (Å²) in [5, 5.41) is 9.61. The molecule has 0 aliphatic carbocycles. The Bertz CT molecular complexity index is 747. The first-order valence-electron chi connectivity index (χ1n) is 9.78. The van der Waals surface area contributed by atoms with Gasteiger partial charge in [0.25, 0.3) is 0 Å².